The summed E-state index contributed by atoms with van der Waals surface area (Å²) in [6.45, 7) is 0. The number of ether oxygens (including phenoxy) is 1. The van der Waals surface area contributed by atoms with Gasteiger partial charge in [0.25, 0.3) is 0 Å². The summed E-state index contributed by atoms with van der Waals surface area (Å²) in [7, 11) is 1.70. The summed E-state index contributed by atoms with van der Waals surface area (Å²) in [6, 6.07) is 16.7. The first-order chi connectivity index (χ1) is 11.3. The summed E-state index contributed by atoms with van der Waals surface area (Å²) >= 11 is 0. The van der Waals surface area contributed by atoms with Crippen LogP contribution in [0, 0.1) is 17.2 Å². The molecule has 2 aromatic carbocycles. The van der Waals surface area contributed by atoms with Gasteiger partial charge in [0, 0.05) is 11.6 Å². The average Bonchev–Trinajstić information content (AvgIpc) is 3.10. The Morgan fingerprint density at radius 1 is 1.22 bits per heavy atom. The zero-order chi connectivity index (χ0) is 15.8. The van der Waals surface area contributed by atoms with Crippen LogP contribution >= 0.6 is 0 Å². The topological polar surface area (TPSA) is 45.0 Å². The second-order valence-electron chi connectivity index (χ2n) is 6.17. The van der Waals surface area contributed by atoms with Crippen LogP contribution in [0.2, 0.25) is 0 Å². The predicted octanol–water partition coefficient (Wildman–Crippen LogP) is 4.39. The van der Waals surface area contributed by atoms with Crippen molar-refractivity contribution in [2.45, 2.75) is 18.4 Å². The van der Waals surface area contributed by atoms with E-state index in [0.717, 1.165) is 23.4 Å². The number of methoxy groups -OCH3 is 1. The van der Waals surface area contributed by atoms with Gasteiger partial charge in [-0.3, -0.25) is 0 Å². The van der Waals surface area contributed by atoms with Gasteiger partial charge in [-0.15, -0.1) is 0 Å². The Labute approximate surface area is 136 Å². The fraction of sp³-hybridized carbons (Fsp3) is 0.250. The van der Waals surface area contributed by atoms with Gasteiger partial charge in [-0.05, 0) is 53.8 Å². The first-order valence-electron chi connectivity index (χ1n) is 7.91. The normalized spacial score (nSPS) is 24.3. The summed E-state index contributed by atoms with van der Waals surface area (Å²) in [5, 5.41) is 12.8. The number of nitrogens with zero attached hydrogens (tertiary/aromatic N) is 1. The fourth-order valence-corrected chi connectivity index (χ4v) is 3.83. The third-order valence-electron chi connectivity index (χ3n) is 4.94. The van der Waals surface area contributed by atoms with Gasteiger partial charge in [-0.25, -0.2) is 0 Å². The van der Waals surface area contributed by atoms with E-state index in [1.807, 2.05) is 30.3 Å². The highest BCUT2D eigenvalue weighted by Crippen LogP contribution is 2.50. The fourth-order valence-electron chi connectivity index (χ4n) is 3.83. The molecule has 0 aromatic heterocycles. The summed E-state index contributed by atoms with van der Waals surface area (Å²) in [4.78, 5) is 0. The van der Waals surface area contributed by atoms with Crippen LogP contribution < -0.4 is 10.1 Å². The van der Waals surface area contributed by atoms with Gasteiger partial charge in [0.05, 0.1) is 24.8 Å². The van der Waals surface area contributed by atoms with E-state index >= 15 is 0 Å². The van der Waals surface area contributed by atoms with Crippen LogP contribution in [0.1, 0.15) is 35.1 Å². The van der Waals surface area contributed by atoms with Crippen LogP contribution in [0.15, 0.2) is 54.6 Å². The van der Waals surface area contributed by atoms with Gasteiger partial charge in [0.15, 0.2) is 0 Å². The van der Waals surface area contributed by atoms with Crippen molar-refractivity contribution >= 4 is 5.69 Å². The minimum atomic E-state index is 0.255. The highest BCUT2D eigenvalue weighted by Gasteiger charge is 2.37. The molecule has 114 valence electrons. The molecule has 2 aliphatic rings. The lowest BCUT2D eigenvalue weighted by atomic mass is 9.76. The van der Waals surface area contributed by atoms with E-state index in [0.29, 0.717) is 11.8 Å². The van der Waals surface area contributed by atoms with E-state index < -0.39 is 0 Å². The van der Waals surface area contributed by atoms with Crippen molar-refractivity contribution in [3.63, 3.8) is 0 Å². The van der Waals surface area contributed by atoms with Crippen LogP contribution in [0.25, 0.3) is 0 Å². The Kier molecular flexibility index (Phi) is 3.31. The number of anilines is 1. The monoisotopic (exact) mass is 302 g/mol. The van der Waals surface area contributed by atoms with E-state index in [-0.39, 0.29) is 6.04 Å². The van der Waals surface area contributed by atoms with Crippen molar-refractivity contribution in [3.05, 3.63) is 71.3 Å². The standard InChI is InChI=1S/C20H18N2O/c1-23-15-5-2-4-14(11-15)20-17-7-3-6-16(17)18-10-13(12-21)8-9-19(18)22-20/h2-6,8-11,16-17,20,22H,7H2,1H3. The second-order valence-corrected chi connectivity index (χ2v) is 6.17. The molecule has 0 saturated carbocycles. The smallest absolute Gasteiger partial charge is 0.119 e. The SMILES string of the molecule is COc1cccc(C2Nc3ccc(C#N)cc3C3C=CCC32)c1. The average molecular weight is 302 g/mol. The predicted molar refractivity (Wildman–Crippen MR) is 90.5 cm³/mol. The molecule has 2 aromatic rings. The maximum atomic E-state index is 9.17. The molecule has 3 heteroatoms. The van der Waals surface area contributed by atoms with Crippen LogP contribution in [0.4, 0.5) is 5.69 Å². The van der Waals surface area contributed by atoms with Crippen LogP contribution in [0.5, 0.6) is 5.75 Å². The number of fused-ring (bicyclic) bond motifs is 3. The van der Waals surface area contributed by atoms with E-state index in [9.17, 15) is 0 Å². The summed E-state index contributed by atoms with van der Waals surface area (Å²) in [6.07, 6.45) is 5.60. The molecule has 4 rings (SSSR count). The van der Waals surface area contributed by atoms with E-state index in [2.05, 4.69) is 35.7 Å². The molecule has 0 bridgehead atoms. The van der Waals surface area contributed by atoms with Crippen molar-refractivity contribution in [1.29, 1.82) is 5.26 Å². The molecule has 1 heterocycles. The number of hydrogen-bond acceptors (Lipinski definition) is 3. The number of nitrogens with one attached hydrogen (secondary N) is 1. The van der Waals surface area contributed by atoms with Gasteiger partial charge in [0.1, 0.15) is 5.75 Å². The molecular formula is C20H18N2O. The van der Waals surface area contributed by atoms with Gasteiger partial charge in [-0.1, -0.05) is 24.3 Å². The molecular weight excluding hydrogens is 284 g/mol. The first kappa shape index (κ1) is 13.9. The van der Waals surface area contributed by atoms with Crippen molar-refractivity contribution in [3.8, 4) is 11.8 Å². The summed E-state index contributed by atoms with van der Waals surface area (Å²) < 4.78 is 5.38. The van der Waals surface area contributed by atoms with Crippen molar-refractivity contribution in [1.82, 2.24) is 0 Å². The lowest BCUT2D eigenvalue weighted by Crippen LogP contribution is -2.29. The van der Waals surface area contributed by atoms with Crippen LogP contribution in [0.3, 0.4) is 0 Å². The number of hydrogen-bond donors (Lipinski definition) is 1. The third-order valence-corrected chi connectivity index (χ3v) is 4.94. The van der Waals surface area contributed by atoms with Crippen molar-refractivity contribution in [2.75, 3.05) is 12.4 Å². The lowest BCUT2D eigenvalue weighted by molar-refractivity contribution is 0.406. The van der Waals surface area contributed by atoms with E-state index in [4.69, 9.17) is 10.00 Å². The van der Waals surface area contributed by atoms with Gasteiger partial charge in [-0.2, -0.15) is 5.26 Å². The van der Waals surface area contributed by atoms with E-state index in [1.54, 1.807) is 7.11 Å². The number of nitriles is 1. The highest BCUT2D eigenvalue weighted by atomic mass is 16.5. The van der Waals surface area contributed by atoms with Gasteiger partial charge in [0.2, 0.25) is 0 Å². The number of benzene rings is 2. The molecule has 3 unspecified atom stereocenters. The zero-order valence-electron chi connectivity index (χ0n) is 13.0. The zero-order valence-corrected chi connectivity index (χ0v) is 13.0. The van der Waals surface area contributed by atoms with Crippen LogP contribution in [-0.2, 0) is 0 Å². The lowest BCUT2D eigenvalue weighted by Gasteiger charge is -2.37. The Balaban J connectivity index is 1.77. The molecule has 3 nitrogen and oxygen atoms in total. The minimum Gasteiger partial charge on any atom is -0.497 e. The molecule has 0 amide bonds. The summed E-state index contributed by atoms with van der Waals surface area (Å²) in [5.74, 6) is 1.73. The maximum absolute atomic E-state index is 9.17. The molecule has 23 heavy (non-hydrogen) atoms. The Bertz CT molecular complexity index is 819. The molecule has 1 N–H and O–H groups in total. The Morgan fingerprint density at radius 3 is 2.96 bits per heavy atom. The van der Waals surface area contributed by atoms with Gasteiger partial charge >= 0.3 is 0 Å². The van der Waals surface area contributed by atoms with Gasteiger partial charge < -0.3 is 10.1 Å². The molecule has 0 saturated heterocycles. The minimum absolute atomic E-state index is 0.255. The second kappa shape index (κ2) is 5.48. The maximum Gasteiger partial charge on any atom is 0.119 e. The molecule has 1 aliphatic carbocycles. The molecule has 0 fully saturated rings. The van der Waals surface area contributed by atoms with E-state index in [1.165, 1.54) is 11.1 Å². The Morgan fingerprint density at radius 2 is 2.13 bits per heavy atom. The highest BCUT2D eigenvalue weighted by molar-refractivity contribution is 5.62. The number of allylic oxidation sites excluding steroid dienone is 2. The first-order valence-corrected chi connectivity index (χ1v) is 7.91. The molecule has 3 atom stereocenters. The largest absolute Gasteiger partial charge is 0.497 e. The molecule has 0 spiro atoms. The Hall–Kier alpha value is -2.73. The third kappa shape index (κ3) is 2.27. The molecule has 0 radical (unpaired) electrons. The van der Waals surface area contributed by atoms with Crippen molar-refractivity contribution in [2.24, 2.45) is 5.92 Å². The number of rotatable bonds is 2. The molecule has 1 aliphatic heterocycles. The van der Waals surface area contributed by atoms with Crippen molar-refractivity contribution < 1.29 is 4.74 Å². The van der Waals surface area contributed by atoms with Crippen LogP contribution in [-0.4, -0.2) is 7.11 Å². The summed E-state index contributed by atoms with van der Waals surface area (Å²) in [5.41, 5.74) is 4.34. The quantitative estimate of drug-likeness (QED) is 0.837.